The molecule has 4 nitrogen and oxygen atoms in total. The van der Waals surface area contributed by atoms with E-state index in [0.29, 0.717) is 6.42 Å². The summed E-state index contributed by atoms with van der Waals surface area (Å²) in [7, 11) is 5.36. The zero-order valence-electron chi connectivity index (χ0n) is 12.1. The zero-order valence-corrected chi connectivity index (χ0v) is 12.1. The molecule has 0 spiro atoms. The largest absolute Gasteiger partial charge is 0.456 e. The van der Waals surface area contributed by atoms with Gasteiger partial charge in [-0.3, -0.25) is 4.79 Å². The van der Waals surface area contributed by atoms with Crippen LogP contribution in [0.15, 0.2) is 24.7 Å². The lowest BCUT2D eigenvalue weighted by atomic mass is 9.85. The molecule has 0 aliphatic carbocycles. The lowest BCUT2D eigenvalue weighted by molar-refractivity contribution is -0.154. The summed E-state index contributed by atoms with van der Waals surface area (Å²) in [6, 6.07) is 0. The number of carbonyl (C=O) groups is 2. The van der Waals surface area contributed by atoms with Crippen molar-refractivity contribution in [1.29, 1.82) is 0 Å². The Kier molecular flexibility index (Phi) is 6.23. The highest BCUT2D eigenvalue weighted by atomic mass is 16.6. The Hall–Kier alpha value is -1.36. The fourth-order valence-electron chi connectivity index (χ4n) is 1.37. The Morgan fingerprint density at radius 2 is 1.79 bits per heavy atom. The van der Waals surface area contributed by atoms with E-state index < -0.39 is 17.2 Å². The quantitative estimate of drug-likeness (QED) is 0.382. The Labute approximate surface area is 116 Å². The smallest absolute Gasteiger partial charge is 0.330 e. The molecule has 0 bridgehead atoms. The van der Waals surface area contributed by atoms with E-state index in [4.69, 9.17) is 17.3 Å². The van der Waals surface area contributed by atoms with Crippen LogP contribution in [-0.4, -0.2) is 37.4 Å². The molecule has 0 N–H and O–H groups in total. The van der Waals surface area contributed by atoms with Crippen LogP contribution in [0.4, 0.5) is 0 Å². The lowest BCUT2D eigenvalue weighted by Gasteiger charge is -2.28. The summed E-state index contributed by atoms with van der Waals surface area (Å²) in [5.41, 5.74) is -1.77. The van der Waals surface area contributed by atoms with E-state index in [1.54, 1.807) is 27.7 Å². The Balaban J connectivity index is 4.36. The van der Waals surface area contributed by atoms with Crippen LogP contribution in [0.1, 0.15) is 34.1 Å². The maximum atomic E-state index is 11.7. The van der Waals surface area contributed by atoms with E-state index in [2.05, 4.69) is 13.2 Å². The second-order valence-corrected chi connectivity index (χ2v) is 5.35. The summed E-state index contributed by atoms with van der Waals surface area (Å²) in [6.45, 7) is 13.7. The van der Waals surface area contributed by atoms with E-state index in [1.807, 2.05) is 0 Å². The maximum absolute atomic E-state index is 11.7. The molecular weight excluding hydrogens is 243 g/mol. The minimum absolute atomic E-state index is 0.0395. The van der Waals surface area contributed by atoms with Gasteiger partial charge in [0.1, 0.15) is 19.0 Å². The SMILES string of the molecule is [B]C(=C)C(=O)C(C)(C)OCCC(C)(C)OC(=O)C=C. The minimum atomic E-state index is -1.04. The molecule has 0 unspecified atom stereocenters. The lowest BCUT2D eigenvalue weighted by Crippen LogP contribution is -2.38. The molecule has 0 saturated carbocycles. The first-order chi connectivity index (χ1) is 8.52. The summed E-state index contributed by atoms with van der Waals surface area (Å²) in [4.78, 5) is 22.8. The molecule has 0 amide bonds. The van der Waals surface area contributed by atoms with E-state index >= 15 is 0 Å². The molecule has 0 heterocycles. The van der Waals surface area contributed by atoms with Gasteiger partial charge in [0.15, 0.2) is 5.78 Å². The van der Waals surface area contributed by atoms with Gasteiger partial charge in [0, 0.05) is 12.5 Å². The number of esters is 1. The molecule has 0 aromatic rings. The van der Waals surface area contributed by atoms with Crippen molar-refractivity contribution in [3.63, 3.8) is 0 Å². The van der Waals surface area contributed by atoms with Crippen molar-refractivity contribution in [2.45, 2.75) is 45.3 Å². The second-order valence-electron chi connectivity index (χ2n) is 5.35. The third-order valence-electron chi connectivity index (χ3n) is 2.55. The van der Waals surface area contributed by atoms with E-state index in [9.17, 15) is 9.59 Å². The van der Waals surface area contributed by atoms with Crippen LogP contribution < -0.4 is 0 Å². The molecular formula is C14H21BO4. The van der Waals surface area contributed by atoms with Gasteiger partial charge in [0.25, 0.3) is 0 Å². The molecule has 0 aliphatic rings. The van der Waals surface area contributed by atoms with Gasteiger partial charge < -0.3 is 9.47 Å². The molecule has 5 heteroatoms. The summed E-state index contributed by atoms with van der Waals surface area (Å²) in [6.07, 6.45) is 1.55. The Morgan fingerprint density at radius 1 is 1.26 bits per heavy atom. The fraction of sp³-hybridized carbons (Fsp3) is 0.571. The number of rotatable bonds is 8. The standard InChI is InChI=1S/C14H21BO4/c1-7-11(16)19-13(3,4)8-9-18-14(5,6)12(17)10(2)15/h7H,1-2,8-9H2,3-6H3. The van der Waals surface area contributed by atoms with Crippen LogP contribution in [0.3, 0.4) is 0 Å². The summed E-state index contributed by atoms with van der Waals surface area (Å²) < 4.78 is 10.6. The Bertz CT molecular complexity index is 383. The highest BCUT2D eigenvalue weighted by Crippen LogP contribution is 2.19. The molecule has 0 fully saturated rings. The highest BCUT2D eigenvalue weighted by molar-refractivity contribution is 6.37. The number of ketones is 1. The van der Waals surface area contributed by atoms with Crippen molar-refractivity contribution >= 4 is 19.6 Å². The van der Waals surface area contributed by atoms with Crippen LogP contribution in [0.2, 0.25) is 0 Å². The van der Waals surface area contributed by atoms with Gasteiger partial charge in [-0.2, -0.15) is 0 Å². The van der Waals surface area contributed by atoms with Crippen molar-refractivity contribution in [3.05, 3.63) is 24.7 Å². The predicted molar refractivity (Wildman–Crippen MR) is 74.9 cm³/mol. The first-order valence-electron chi connectivity index (χ1n) is 6.00. The van der Waals surface area contributed by atoms with E-state index in [0.717, 1.165) is 6.08 Å². The average Bonchev–Trinajstić information content (AvgIpc) is 2.26. The normalized spacial score (nSPS) is 11.8. The molecule has 0 saturated heterocycles. The number of hydrogen-bond donors (Lipinski definition) is 0. The molecule has 0 atom stereocenters. The van der Waals surface area contributed by atoms with Gasteiger partial charge >= 0.3 is 5.97 Å². The fourth-order valence-corrected chi connectivity index (χ4v) is 1.37. The zero-order chi connectivity index (χ0) is 15.3. The number of hydrogen-bond acceptors (Lipinski definition) is 4. The summed E-state index contributed by atoms with van der Waals surface area (Å²) >= 11 is 0. The van der Waals surface area contributed by atoms with Gasteiger partial charge in [-0.15, -0.1) is 6.58 Å². The van der Waals surface area contributed by atoms with Crippen LogP contribution in [-0.2, 0) is 19.1 Å². The second kappa shape index (κ2) is 6.71. The summed E-state index contributed by atoms with van der Waals surface area (Å²) in [5.74, 6) is -0.843. The summed E-state index contributed by atoms with van der Waals surface area (Å²) in [5, 5.41) is 0. The number of carbonyl (C=O) groups excluding carboxylic acids is 2. The van der Waals surface area contributed by atoms with Crippen molar-refractivity contribution in [2.75, 3.05) is 6.61 Å². The predicted octanol–water partition coefficient (Wildman–Crippen LogP) is 1.93. The first-order valence-corrected chi connectivity index (χ1v) is 6.00. The monoisotopic (exact) mass is 264 g/mol. The number of Topliss-reactive ketones (excluding diaryl/α,β-unsaturated/α-hetero) is 1. The van der Waals surface area contributed by atoms with Crippen molar-refractivity contribution < 1.29 is 19.1 Å². The van der Waals surface area contributed by atoms with Crippen LogP contribution in [0, 0.1) is 0 Å². The van der Waals surface area contributed by atoms with E-state index in [-0.39, 0.29) is 17.9 Å². The minimum Gasteiger partial charge on any atom is -0.456 e. The van der Waals surface area contributed by atoms with Crippen LogP contribution >= 0.6 is 0 Å². The third kappa shape index (κ3) is 6.39. The molecule has 104 valence electrons. The number of ether oxygens (including phenoxy) is 2. The van der Waals surface area contributed by atoms with Gasteiger partial charge in [-0.1, -0.05) is 12.1 Å². The third-order valence-corrected chi connectivity index (χ3v) is 2.55. The first kappa shape index (κ1) is 17.6. The molecule has 0 aromatic heterocycles. The molecule has 0 aliphatic heterocycles. The van der Waals surface area contributed by atoms with Crippen LogP contribution in [0.5, 0.6) is 0 Å². The van der Waals surface area contributed by atoms with Gasteiger partial charge in [-0.25, -0.2) is 4.79 Å². The van der Waals surface area contributed by atoms with Crippen LogP contribution in [0.25, 0.3) is 0 Å². The van der Waals surface area contributed by atoms with Gasteiger partial charge in [0.05, 0.1) is 6.61 Å². The Morgan fingerprint density at radius 3 is 2.21 bits per heavy atom. The van der Waals surface area contributed by atoms with Gasteiger partial charge in [0.2, 0.25) is 0 Å². The maximum Gasteiger partial charge on any atom is 0.330 e. The molecule has 19 heavy (non-hydrogen) atoms. The molecule has 2 radical (unpaired) electrons. The van der Waals surface area contributed by atoms with E-state index in [1.165, 1.54) is 0 Å². The highest BCUT2D eigenvalue weighted by Gasteiger charge is 2.30. The van der Waals surface area contributed by atoms with Gasteiger partial charge in [-0.05, 0) is 27.7 Å². The topological polar surface area (TPSA) is 52.6 Å². The molecule has 0 rings (SSSR count). The van der Waals surface area contributed by atoms with Crippen molar-refractivity contribution in [2.24, 2.45) is 0 Å². The van der Waals surface area contributed by atoms with Crippen molar-refractivity contribution in [3.8, 4) is 0 Å². The molecule has 0 aromatic carbocycles. The average molecular weight is 264 g/mol. The van der Waals surface area contributed by atoms with Crippen molar-refractivity contribution in [1.82, 2.24) is 0 Å².